The number of rotatable bonds is 4. The maximum absolute atomic E-state index is 13.2. The fourth-order valence-corrected chi connectivity index (χ4v) is 3.68. The standard InChI is InChI=1S/C20H23N5O/c1-15-11-21-23(13-15)14-18-9-6-10-24(18)20(26)19-12-22-25(16(19)2)17-7-4-3-5-8-17/h3-5,7-8,11-13,18H,6,9-10,14H2,1-2H3. The third kappa shape index (κ3) is 3.03. The van der Waals surface area contributed by atoms with Crippen LogP contribution in [0, 0.1) is 13.8 Å². The normalized spacial score (nSPS) is 17.0. The molecule has 0 radical (unpaired) electrons. The Balaban J connectivity index is 1.56. The van der Waals surface area contributed by atoms with Crippen LogP contribution < -0.4 is 0 Å². The van der Waals surface area contributed by atoms with Gasteiger partial charge in [-0.2, -0.15) is 10.2 Å². The summed E-state index contributed by atoms with van der Waals surface area (Å²) in [6.45, 7) is 5.52. The minimum absolute atomic E-state index is 0.0658. The van der Waals surface area contributed by atoms with Gasteiger partial charge in [0.2, 0.25) is 0 Å². The van der Waals surface area contributed by atoms with Gasteiger partial charge in [-0.25, -0.2) is 4.68 Å². The molecule has 1 unspecified atom stereocenters. The van der Waals surface area contributed by atoms with E-state index in [2.05, 4.69) is 10.2 Å². The largest absolute Gasteiger partial charge is 0.334 e. The number of likely N-dealkylation sites (tertiary alicyclic amines) is 1. The molecule has 0 spiro atoms. The van der Waals surface area contributed by atoms with E-state index in [-0.39, 0.29) is 11.9 Å². The van der Waals surface area contributed by atoms with E-state index in [1.54, 1.807) is 6.20 Å². The van der Waals surface area contributed by atoms with Crippen LogP contribution >= 0.6 is 0 Å². The Morgan fingerprint density at radius 3 is 2.69 bits per heavy atom. The number of carbonyl (C=O) groups excluding carboxylic acids is 1. The van der Waals surface area contributed by atoms with E-state index < -0.39 is 0 Å². The molecule has 1 amide bonds. The van der Waals surface area contributed by atoms with Gasteiger partial charge in [0.15, 0.2) is 0 Å². The van der Waals surface area contributed by atoms with Crippen LogP contribution in [-0.4, -0.2) is 43.0 Å². The molecule has 0 saturated carbocycles. The molecule has 3 heterocycles. The summed E-state index contributed by atoms with van der Waals surface area (Å²) in [7, 11) is 0. The van der Waals surface area contributed by atoms with E-state index >= 15 is 0 Å². The van der Waals surface area contributed by atoms with E-state index in [0.717, 1.165) is 42.9 Å². The first kappa shape index (κ1) is 16.6. The van der Waals surface area contributed by atoms with Crippen molar-refractivity contribution in [3.8, 4) is 5.69 Å². The monoisotopic (exact) mass is 349 g/mol. The number of nitrogens with zero attached hydrogens (tertiary/aromatic N) is 5. The van der Waals surface area contributed by atoms with Gasteiger partial charge >= 0.3 is 0 Å². The molecule has 0 aliphatic carbocycles. The smallest absolute Gasteiger partial charge is 0.257 e. The Kier molecular flexibility index (Phi) is 4.32. The Morgan fingerprint density at radius 1 is 1.15 bits per heavy atom. The van der Waals surface area contributed by atoms with Crippen molar-refractivity contribution in [1.29, 1.82) is 0 Å². The minimum atomic E-state index is 0.0658. The summed E-state index contributed by atoms with van der Waals surface area (Å²) < 4.78 is 3.76. The number of benzene rings is 1. The van der Waals surface area contributed by atoms with Gasteiger partial charge in [0.1, 0.15) is 0 Å². The minimum Gasteiger partial charge on any atom is -0.334 e. The zero-order valence-electron chi connectivity index (χ0n) is 15.2. The highest BCUT2D eigenvalue weighted by molar-refractivity contribution is 5.95. The summed E-state index contributed by atoms with van der Waals surface area (Å²) in [6, 6.07) is 10.1. The van der Waals surface area contributed by atoms with Gasteiger partial charge in [-0.3, -0.25) is 9.48 Å². The second-order valence-electron chi connectivity index (χ2n) is 6.93. The quantitative estimate of drug-likeness (QED) is 0.728. The molecule has 134 valence electrons. The van der Waals surface area contributed by atoms with Gasteiger partial charge in [-0.05, 0) is 44.4 Å². The average molecular weight is 349 g/mol. The molecule has 2 aromatic heterocycles. The summed E-state index contributed by atoms with van der Waals surface area (Å²) in [6.07, 6.45) is 7.62. The molecule has 6 nitrogen and oxygen atoms in total. The highest BCUT2D eigenvalue weighted by atomic mass is 16.2. The lowest BCUT2D eigenvalue weighted by molar-refractivity contribution is 0.0721. The zero-order valence-corrected chi connectivity index (χ0v) is 15.2. The lowest BCUT2D eigenvalue weighted by Crippen LogP contribution is -2.38. The van der Waals surface area contributed by atoms with Crippen molar-refractivity contribution in [1.82, 2.24) is 24.5 Å². The molecular formula is C20H23N5O. The first-order valence-corrected chi connectivity index (χ1v) is 9.03. The fourth-order valence-electron chi connectivity index (χ4n) is 3.68. The number of amides is 1. The van der Waals surface area contributed by atoms with Gasteiger partial charge < -0.3 is 4.90 Å². The van der Waals surface area contributed by atoms with Crippen LogP contribution in [0.2, 0.25) is 0 Å². The van der Waals surface area contributed by atoms with Crippen LogP contribution in [0.5, 0.6) is 0 Å². The molecule has 6 heteroatoms. The van der Waals surface area contributed by atoms with E-state index in [1.165, 1.54) is 0 Å². The molecular weight excluding hydrogens is 326 g/mol. The van der Waals surface area contributed by atoms with Crippen LogP contribution in [0.25, 0.3) is 5.69 Å². The van der Waals surface area contributed by atoms with E-state index in [0.29, 0.717) is 5.56 Å². The van der Waals surface area contributed by atoms with E-state index in [9.17, 15) is 4.79 Å². The topological polar surface area (TPSA) is 56.0 Å². The van der Waals surface area contributed by atoms with Gasteiger partial charge in [0, 0.05) is 12.7 Å². The number of hydrogen-bond donors (Lipinski definition) is 0. The SMILES string of the molecule is Cc1cnn(CC2CCCN2C(=O)c2cnn(-c3ccccc3)c2C)c1. The molecule has 0 bridgehead atoms. The number of aryl methyl sites for hydroxylation is 1. The Labute approximate surface area is 153 Å². The third-order valence-electron chi connectivity index (χ3n) is 5.04. The van der Waals surface area contributed by atoms with Crippen LogP contribution in [0.3, 0.4) is 0 Å². The first-order valence-electron chi connectivity index (χ1n) is 9.03. The van der Waals surface area contributed by atoms with Crippen molar-refractivity contribution >= 4 is 5.91 Å². The van der Waals surface area contributed by atoms with Crippen molar-refractivity contribution in [2.75, 3.05) is 6.54 Å². The lowest BCUT2D eigenvalue weighted by Gasteiger charge is -2.24. The molecule has 1 saturated heterocycles. The van der Waals surface area contributed by atoms with Gasteiger partial charge in [-0.15, -0.1) is 0 Å². The van der Waals surface area contributed by atoms with Crippen molar-refractivity contribution in [3.63, 3.8) is 0 Å². The molecule has 3 aromatic rings. The summed E-state index contributed by atoms with van der Waals surface area (Å²) in [5.74, 6) is 0.0658. The number of aromatic nitrogens is 4. The Hall–Kier alpha value is -2.89. The number of hydrogen-bond acceptors (Lipinski definition) is 3. The van der Waals surface area contributed by atoms with Crippen LogP contribution in [0.15, 0.2) is 48.9 Å². The van der Waals surface area contributed by atoms with Gasteiger partial charge in [-0.1, -0.05) is 18.2 Å². The molecule has 1 aliphatic heterocycles. The summed E-state index contributed by atoms with van der Waals surface area (Å²) in [5, 5.41) is 8.81. The van der Waals surface area contributed by atoms with Gasteiger partial charge in [0.25, 0.3) is 5.91 Å². The molecule has 4 rings (SSSR count). The van der Waals surface area contributed by atoms with Crippen molar-refractivity contribution < 1.29 is 4.79 Å². The van der Waals surface area contributed by atoms with Gasteiger partial charge in [0.05, 0.1) is 41.9 Å². The maximum Gasteiger partial charge on any atom is 0.257 e. The summed E-state index contributed by atoms with van der Waals surface area (Å²) in [5.41, 5.74) is 3.66. The molecule has 1 atom stereocenters. The van der Waals surface area contributed by atoms with Crippen LogP contribution in [0.4, 0.5) is 0 Å². The molecule has 1 aromatic carbocycles. The number of carbonyl (C=O) groups is 1. The Morgan fingerprint density at radius 2 is 1.96 bits per heavy atom. The average Bonchev–Trinajstić information content (AvgIpc) is 3.36. The van der Waals surface area contributed by atoms with Crippen molar-refractivity contribution in [2.45, 2.75) is 39.3 Å². The van der Waals surface area contributed by atoms with E-state index in [4.69, 9.17) is 0 Å². The Bertz CT molecular complexity index is 911. The molecule has 1 aliphatic rings. The van der Waals surface area contributed by atoms with Crippen LogP contribution in [0.1, 0.15) is 34.5 Å². The van der Waals surface area contributed by atoms with E-state index in [1.807, 2.05) is 70.8 Å². The third-order valence-corrected chi connectivity index (χ3v) is 5.04. The summed E-state index contributed by atoms with van der Waals surface area (Å²) >= 11 is 0. The lowest BCUT2D eigenvalue weighted by atomic mass is 10.2. The maximum atomic E-state index is 13.2. The highest BCUT2D eigenvalue weighted by Crippen LogP contribution is 2.23. The predicted molar refractivity (Wildman–Crippen MR) is 99.3 cm³/mol. The van der Waals surface area contributed by atoms with Crippen LogP contribution in [-0.2, 0) is 6.54 Å². The first-order chi connectivity index (χ1) is 12.6. The van der Waals surface area contributed by atoms with Crippen molar-refractivity contribution in [3.05, 3.63) is 65.7 Å². The predicted octanol–water partition coefficient (Wildman–Crippen LogP) is 2.99. The second-order valence-corrected chi connectivity index (χ2v) is 6.93. The summed E-state index contributed by atoms with van der Waals surface area (Å²) in [4.78, 5) is 15.1. The fraction of sp³-hybridized carbons (Fsp3) is 0.350. The molecule has 26 heavy (non-hydrogen) atoms. The second kappa shape index (κ2) is 6.78. The molecule has 0 N–H and O–H groups in total. The number of para-hydroxylation sites is 1. The molecule has 1 fully saturated rings. The van der Waals surface area contributed by atoms with Crippen molar-refractivity contribution in [2.24, 2.45) is 0 Å². The highest BCUT2D eigenvalue weighted by Gasteiger charge is 2.31. The zero-order chi connectivity index (χ0) is 18.1.